The Kier molecular flexibility index (Phi) is 4.43. The Morgan fingerprint density at radius 1 is 1.33 bits per heavy atom. The minimum atomic E-state index is -3.10. The van der Waals surface area contributed by atoms with Crippen LogP contribution in [0.5, 0.6) is 11.5 Å². The van der Waals surface area contributed by atoms with Crippen molar-refractivity contribution in [2.24, 2.45) is 0 Å². The number of rotatable bonds is 4. The molecule has 0 N–H and O–H groups in total. The minimum absolute atomic E-state index is 0.0417. The van der Waals surface area contributed by atoms with Crippen LogP contribution in [0.15, 0.2) is 12.1 Å². The number of alkyl halides is 2. The summed E-state index contributed by atoms with van der Waals surface area (Å²) in [6.07, 6.45) is 0. The average molecular weight is 257 g/mol. The lowest BCUT2D eigenvalue weighted by Gasteiger charge is -2.12. The first-order chi connectivity index (χ1) is 8.54. The van der Waals surface area contributed by atoms with Gasteiger partial charge in [0.05, 0.1) is 14.2 Å². The van der Waals surface area contributed by atoms with Crippen molar-refractivity contribution in [3.8, 4) is 17.6 Å². The summed E-state index contributed by atoms with van der Waals surface area (Å²) in [6.45, 7) is -3.10. The molecule has 0 atom stereocenters. The Hall–Kier alpha value is -2.36. The lowest BCUT2D eigenvalue weighted by Crippen LogP contribution is -2.10. The molecule has 0 bridgehead atoms. The van der Waals surface area contributed by atoms with E-state index in [4.69, 9.17) is 10.00 Å². The van der Waals surface area contributed by atoms with Crippen LogP contribution in [-0.2, 0) is 4.74 Å². The molecule has 5 nitrogen and oxygen atoms in total. The van der Waals surface area contributed by atoms with Gasteiger partial charge in [0.25, 0.3) is 0 Å². The lowest BCUT2D eigenvalue weighted by molar-refractivity contribution is -0.0501. The third kappa shape index (κ3) is 2.66. The highest BCUT2D eigenvalue weighted by Gasteiger charge is 2.23. The second-order valence-corrected chi connectivity index (χ2v) is 3.00. The molecule has 0 aliphatic carbocycles. The third-order valence-electron chi connectivity index (χ3n) is 2.07. The summed E-state index contributed by atoms with van der Waals surface area (Å²) < 4.78 is 37.8. The molecular formula is C11H9F2NO4. The van der Waals surface area contributed by atoms with Crippen LogP contribution in [0.2, 0.25) is 0 Å². The maximum atomic E-state index is 12.2. The SMILES string of the molecule is COC(=O)c1c(OC)ccc(OC(F)F)c1C#N. The van der Waals surface area contributed by atoms with Gasteiger partial charge in [-0.3, -0.25) is 0 Å². The summed E-state index contributed by atoms with van der Waals surface area (Å²) in [5.74, 6) is -1.24. The fourth-order valence-corrected chi connectivity index (χ4v) is 1.34. The lowest BCUT2D eigenvalue weighted by atomic mass is 10.1. The van der Waals surface area contributed by atoms with Gasteiger partial charge >= 0.3 is 12.6 Å². The smallest absolute Gasteiger partial charge is 0.387 e. The molecule has 0 spiro atoms. The summed E-state index contributed by atoms with van der Waals surface area (Å²) in [6, 6.07) is 3.98. The molecule has 1 aromatic carbocycles. The molecule has 1 aromatic rings. The van der Waals surface area contributed by atoms with Crippen molar-refractivity contribution < 1.29 is 27.8 Å². The van der Waals surface area contributed by atoms with Crippen LogP contribution in [0.1, 0.15) is 15.9 Å². The van der Waals surface area contributed by atoms with Crippen molar-refractivity contribution in [2.75, 3.05) is 14.2 Å². The van der Waals surface area contributed by atoms with Crippen LogP contribution in [0.25, 0.3) is 0 Å². The van der Waals surface area contributed by atoms with Crippen LogP contribution < -0.4 is 9.47 Å². The largest absolute Gasteiger partial charge is 0.496 e. The van der Waals surface area contributed by atoms with E-state index in [1.165, 1.54) is 13.2 Å². The molecule has 0 saturated carbocycles. The van der Waals surface area contributed by atoms with Gasteiger partial charge in [0.2, 0.25) is 0 Å². The fourth-order valence-electron chi connectivity index (χ4n) is 1.34. The Morgan fingerprint density at radius 3 is 2.39 bits per heavy atom. The first-order valence-corrected chi connectivity index (χ1v) is 4.69. The highest BCUT2D eigenvalue weighted by molar-refractivity contribution is 5.96. The molecule has 7 heteroatoms. The number of hydrogen-bond donors (Lipinski definition) is 0. The van der Waals surface area contributed by atoms with Gasteiger partial charge < -0.3 is 14.2 Å². The number of ether oxygens (including phenoxy) is 3. The molecule has 0 aliphatic heterocycles. The molecular weight excluding hydrogens is 248 g/mol. The van der Waals surface area contributed by atoms with E-state index in [0.717, 1.165) is 13.2 Å². The molecule has 0 amide bonds. The van der Waals surface area contributed by atoms with E-state index in [0.29, 0.717) is 0 Å². The summed E-state index contributed by atoms with van der Waals surface area (Å²) in [5.41, 5.74) is -0.609. The van der Waals surface area contributed by atoms with Gasteiger partial charge in [-0.05, 0) is 12.1 Å². The number of halogens is 2. The van der Waals surface area contributed by atoms with Crippen molar-refractivity contribution in [3.63, 3.8) is 0 Å². The maximum absolute atomic E-state index is 12.2. The summed E-state index contributed by atoms with van der Waals surface area (Å²) in [7, 11) is 2.38. The second-order valence-electron chi connectivity index (χ2n) is 3.00. The van der Waals surface area contributed by atoms with Crippen molar-refractivity contribution in [2.45, 2.75) is 6.61 Å². The van der Waals surface area contributed by atoms with Gasteiger partial charge in [-0.2, -0.15) is 14.0 Å². The molecule has 0 unspecified atom stereocenters. The molecule has 0 aromatic heterocycles. The van der Waals surface area contributed by atoms with E-state index < -0.39 is 18.3 Å². The van der Waals surface area contributed by atoms with Crippen molar-refractivity contribution in [1.29, 1.82) is 5.26 Å². The Bertz CT molecular complexity index is 497. The average Bonchev–Trinajstić information content (AvgIpc) is 2.36. The highest BCUT2D eigenvalue weighted by atomic mass is 19.3. The molecule has 0 heterocycles. The number of carbonyl (C=O) groups is 1. The minimum Gasteiger partial charge on any atom is -0.496 e. The summed E-state index contributed by atoms with van der Waals surface area (Å²) in [5, 5.41) is 8.94. The zero-order chi connectivity index (χ0) is 13.7. The Morgan fingerprint density at radius 2 is 1.94 bits per heavy atom. The van der Waals surface area contributed by atoms with Crippen molar-refractivity contribution in [3.05, 3.63) is 23.3 Å². The maximum Gasteiger partial charge on any atom is 0.387 e. The molecule has 0 radical (unpaired) electrons. The number of nitrogens with zero attached hydrogens (tertiary/aromatic N) is 1. The number of benzene rings is 1. The highest BCUT2D eigenvalue weighted by Crippen LogP contribution is 2.31. The van der Waals surface area contributed by atoms with Gasteiger partial charge in [0, 0.05) is 0 Å². The van der Waals surface area contributed by atoms with Gasteiger partial charge in [-0.1, -0.05) is 0 Å². The van der Waals surface area contributed by atoms with Gasteiger partial charge in [-0.15, -0.1) is 0 Å². The van der Waals surface area contributed by atoms with Crippen LogP contribution in [0.3, 0.4) is 0 Å². The molecule has 0 fully saturated rings. The van der Waals surface area contributed by atoms with Crippen molar-refractivity contribution in [1.82, 2.24) is 0 Å². The zero-order valence-electron chi connectivity index (χ0n) is 9.57. The topological polar surface area (TPSA) is 68.6 Å². The number of methoxy groups -OCH3 is 2. The van der Waals surface area contributed by atoms with Gasteiger partial charge in [0.15, 0.2) is 0 Å². The molecule has 0 saturated heterocycles. The molecule has 96 valence electrons. The number of hydrogen-bond acceptors (Lipinski definition) is 5. The van der Waals surface area contributed by atoms with Crippen LogP contribution in [0.4, 0.5) is 8.78 Å². The first-order valence-electron chi connectivity index (χ1n) is 4.69. The fraction of sp³-hybridized carbons (Fsp3) is 0.273. The predicted octanol–water partition coefficient (Wildman–Crippen LogP) is 1.95. The van der Waals surface area contributed by atoms with E-state index in [2.05, 4.69) is 9.47 Å². The second kappa shape index (κ2) is 5.82. The standard InChI is InChI=1S/C11H9F2NO4/c1-16-8-4-3-7(18-11(12)13)6(5-14)9(8)10(15)17-2/h3-4,11H,1-2H3. The van der Waals surface area contributed by atoms with Gasteiger partial charge in [-0.25, -0.2) is 4.79 Å². The van der Waals surface area contributed by atoms with E-state index >= 15 is 0 Å². The molecule has 18 heavy (non-hydrogen) atoms. The Labute approximate surface area is 101 Å². The normalized spacial score (nSPS) is 9.78. The van der Waals surface area contributed by atoms with Crippen LogP contribution in [0, 0.1) is 11.3 Å². The quantitative estimate of drug-likeness (QED) is 0.771. The third-order valence-corrected chi connectivity index (χ3v) is 2.07. The number of nitriles is 1. The molecule has 0 aliphatic rings. The summed E-state index contributed by atoms with van der Waals surface area (Å²) >= 11 is 0. The predicted molar refractivity (Wildman–Crippen MR) is 55.7 cm³/mol. The monoisotopic (exact) mass is 257 g/mol. The first kappa shape index (κ1) is 13.7. The zero-order valence-corrected chi connectivity index (χ0v) is 9.57. The molecule has 1 rings (SSSR count). The van der Waals surface area contributed by atoms with E-state index in [-0.39, 0.29) is 16.9 Å². The van der Waals surface area contributed by atoms with Crippen molar-refractivity contribution >= 4 is 5.97 Å². The van der Waals surface area contributed by atoms with Gasteiger partial charge in [0.1, 0.15) is 28.7 Å². The summed E-state index contributed by atoms with van der Waals surface area (Å²) in [4.78, 5) is 11.5. The number of esters is 1. The van der Waals surface area contributed by atoms with E-state index in [9.17, 15) is 13.6 Å². The van der Waals surface area contributed by atoms with Crippen LogP contribution in [-0.4, -0.2) is 26.8 Å². The Balaban J connectivity index is 3.43. The van der Waals surface area contributed by atoms with E-state index in [1.54, 1.807) is 6.07 Å². The number of carbonyl (C=O) groups excluding carboxylic acids is 1. The van der Waals surface area contributed by atoms with Crippen LogP contribution >= 0.6 is 0 Å². The van der Waals surface area contributed by atoms with E-state index in [1.807, 2.05) is 0 Å².